The van der Waals surface area contributed by atoms with Crippen LogP contribution in [0.2, 0.25) is 0 Å². The van der Waals surface area contributed by atoms with Crippen LogP contribution >= 0.6 is 0 Å². The van der Waals surface area contributed by atoms with Gasteiger partial charge in [-0.2, -0.15) is 0 Å². The third-order valence-electron chi connectivity index (χ3n) is 3.61. The van der Waals surface area contributed by atoms with Gasteiger partial charge in [0.05, 0.1) is 0 Å². The molecule has 3 rings (SSSR count). The maximum atomic E-state index is 13.8. The standard InChI is InChI=1S/C19H19FN4O/c1-2-18-23-11-14(12-24-18)10-21-13-15-6-5-9-22-19(15)25-17-8-4-3-7-16(17)20/h3-9,11-12,21H,2,10,13H2,1H3. The van der Waals surface area contributed by atoms with Gasteiger partial charge in [-0.25, -0.2) is 19.3 Å². The van der Waals surface area contributed by atoms with Crippen molar-refractivity contribution in [2.45, 2.75) is 26.4 Å². The van der Waals surface area contributed by atoms with Crippen LogP contribution in [-0.4, -0.2) is 15.0 Å². The maximum Gasteiger partial charge on any atom is 0.223 e. The van der Waals surface area contributed by atoms with E-state index in [-0.39, 0.29) is 5.75 Å². The first-order valence-corrected chi connectivity index (χ1v) is 8.13. The Morgan fingerprint density at radius 2 is 1.80 bits per heavy atom. The Balaban J connectivity index is 1.63. The van der Waals surface area contributed by atoms with E-state index in [1.165, 1.54) is 6.07 Å². The zero-order chi connectivity index (χ0) is 17.5. The minimum atomic E-state index is -0.416. The van der Waals surface area contributed by atoms with Gasteiger partial charge < -0.3 is 10.1 Å². The maximum absolute atomic E-state index is 13.8. The smallest absolute Gasteiger partial charge is 0.223 e. The monoisotopic (exact) mass is 338 g/mol. The Kier molecular flexibility index (Phi) is 5.64. The predicted molar refractivity (Wildman–Crippen MR) is 92.7 cm³/mol. The van der Waals surface area contributed by atoms with Gasteiger partial charge in [-0.05, 0) is 18.2 Å². The SMILES string of the molecule is CCc1ncc(CNCc2cccnc2Oc2ccccc2F)cn1. The van der Waals surface area contributed by atoms with Crippen molar-refractivity contribution < 1.29 is 9.13 Å². The molecule has 0 unspecified atom stereocenters. The van der Waals surface area contributed by atoms with Crippen LogP contribution in [0.5, 0.6) is 11.6 Å². The lowest BCUT2D eigenvalue weighted by Crippen LogP contribution is -2.14. The summed E-state index contributed by atoms with van der Waals surface area (Å²) in [7, 11) is 0. The van der Waals surface area contributed by atoms with E-state index < -0.39 is 5.82 Å². The molecule has 5 nitrogen and oxygen atoms in total. The predicted octanol–water partition coefficient (Wildman–Crippen LogP) is 3.66. The van der Waals surface area contributed by atoms with Gasteiger partial charge in [-0.15, -0.1) is 0 Å². The molecule has 0 aliphatic rings. The number of pyridine rings is 1. The number of hydrogen-bond donors (Lipinski definition) is 1. The largest absolute Gasteiger partial charge is 0.436 e. The fourth-order valence-electron chi connectivity index (χ4n) is 2.28. The number of benzene rings is 1. The molecule has 0 saturated carbocycles. The molecular formula is C19H19FN4O. The molecule has 25 heavy (non-hydrogen) atoms. The molecule has 128 valence electrons. The Morgan fingerprint density at radius 3 is 2.56 bits per heavy atom. The highest BCUT2D eigenvalue weighted by atomic mass is 19.1. The lowest BCUT2D eigenvalue weighted by molar-refractivity contribution is 0.420. The van der Waals surface area contributed by atoms with E-state index in [0.717, 1.165) is 23.4 Å². The van der Waals surface area contributed by atoms with Crippen LogP contribution < -0.4 is 10.1 Å². The molecule has 0 bridgehead atoms. The molecule has 0 aliphatic carbocycles. The summed E-state index contributed by atoms with van der Waals surface area (Å²) in [5, 5.41) is 3.30. The zero-order valence-electron chi connectivity index (χ0n) is 13.9. The highest BCUT2D eigenvalue weighted by molar-refractivity contribution is 5.33. The van der Waals surface area contributed by atoms with Crippen LogP contribution in [0, 0.1) is 5.82 Å². The van der Waals surface area contributed by atoms with Crippen molar-refractivity contribution in [1.29, 1.82) is 0 Å². The molecule has 0 amide bonds. The fraction of sp³-hybridized carbons (Fsp3) is 0.211. The van der Waals surface area contributed by atoms with Gasteiger partial charge >= 0.3 is 0 Å². The molecule has 2 aromatic heterocycles. The molecule has 1 aromatic carbocycles. The molecule has 1 N–H and O–H groups in total. The fourth-order valence-corrected chi connectivity index (χ4v) is 2.28. The summed E-state index contributed by atoms with van der Waals surface area (Å²) in [4.78, 5) is 12.8. The topological polar surface area (TPSA) is 59.9 Å². The first-order valence-electron chi connectivity index (χ1n) is 8.13. The van der Waals surface area contributed by atoms with Gasteiger partial charge in [0.2, 0.25) is 5.88 Å². The van der Waals surface area contributed by atoms with Crippen molar-refractivity contribution in [1.82, 2.24) is 20.3 Å². The molecule has 6 heteroatoms. The van der Waals surface area contributed by atoms with Crippen molar-refractivity contribution in [3.63, 3.8) is 0 Å². The van der Waals surface area contributed by atoms with Crippen molar-refractivity contribution in [2.24, 2.45) is 0 Å². The molecule has 0 fully saturated rings. The minimum absolute atomic E-state index is 0.158. The summed E-state index contributed by atoms with van der Waals surface area (Å²) in [5.41, 5.74) is 1.84. The summed E-state index contributed by atoms with van der Waals surface area (Å²) < 4.78 is 19.4. The number of ether oxygens (including phenoxy) is 1. The molecule has 0 radical (unpaired) electrons. The van der Waals surface area contributed by atoms with Crippen LogP contribution in [0.3, 0.4) is 0 Å². The highest BCUT2D eigenvalue weighted by Crippen LogP contribution is 2.25. The van der Waals surface area contributed by atoms with E-state index in [9.17, 15) is 4.39 Å². The van der Waals surface area contributed by atoms with Gasteiger partial charge in [0.15, 0.2) is 11.6 Å². The number of para-hydroxylation sites is 1. The number of aromatic nitrogens is 3. The second-order valence-corrected chi connectivity index (χ2v) is 5.46. The van der Waals surface area contributed by atoms with E-state index in [1.807, 2.05) is 31.5 Å². The Morgan fingerprint density at radius 1 is 1.00 bits per heavy atom. The Labute approximate surface area is 145 Å². The summed E-state index contributed by atoms with van der Waals surface area (Å²) >= 11 is 0. The summed E-state index contributed by atoms with van der Waals surface area (Å²) in [6, 6.07) is 10.00. The van der Waals surface area contributed by atoms with Crippen LogP contribution in [0.4, 0.5) is 4.39 Å². The number of halogens is 1. The average Bonchev–Trinajstić information content (AvgIpc) is 2.65. The van der Waals surface area contributed by atoms with Crippen LogP contribution in [0.15, 0.2) is 55.0 Å². The lowest BCUT2D eigenvalue weighted by atomic mass is 10.2. The van der Waals surface area contributed by atoms with Crippen molar-refractivity contribution in [3.8, 4) is 11.6 Å². The first-order chi connectivity index (χ1) is 12.3. The van der Waals surface area contributed by atoms with Gasteiger partial charge in [0, 0.05) is 49.2 Å². The van der Waals surface area contributed by atoms with E-state index in [1.54, 1.807) is 24.4 Å². The number of nitrogens with one attached hydrogen (secondary N) is 1. The molecule has 0 aliphatic heterocycles. The minimum Gasteiger partial charge on any atom is -0.436 e. The van der Waals surface area contributed by atoms with E-state index in [4.69, 9.17) is 4.74 Å². The average molecular weight is 338 g/mol. The molecule has 0 atom stereocenters. The molecular weight excluding hydrogens is 319 g/mol. The second kappa shape index (κ2) is 8.30. The van der Waals surface area contributed by atoms with Crippen LogP contribution in [0.25, 0.3) is 0 Å². The van der Waals surface area contributed by atoms with Crippen LogP contribution in [0.1, 0.15) is 23.9 Å². The van der Waals surface area contributed by atoms with E-state index in [2.05, 4.69) is 20.3 Å². The molecule has 0 saturated heterocycles. The first kappa shape index (κ1) is 17.0. The number of hydrogen-bond acceptors (Lipinski definition) is 5. The highest BCUT2D eigenvalue weighted by Gasteiger charge is 2.09. The van der Waals surface area contributed by atoms with Gasteiger partial charge in [0.1, 0.15) is 5.82 Å². The number of rotatable bonds is 7. The third kappa shape index (κ3) is 4.58. The molecule has 0 spiro atoms. The van der Waals surface area contributed by atoms with Gasteiger partial charge in [0.25, 0.3) is 0 Å². The van der Waals surface area contributed by atoms with Crippen molar-refractivity contribution in [3.05, 3.63) is 77.8 Å². The normalized spacial score (nSPS) is 10.6. The summed E-state index contributed by atoms with van der Waals surface area (Å²) in [6.07, 6.45) is 6.08. The number of aryl methyl sites for hydroxylation is 1. The van der Waals surface area contributed by atoms with Crippen molar-refractivity contribution in [2.75, 3.05) is 0 Å². The Hall–Kier alpha value is -2.86. The third-order valence-corrected chi connectivity index (χ3v) is 3.61. The quantitative estimate of drug-likeness (QED) is 0.712. The second-order valence-electron chi connectivity index (χ2n) is 5.46. The summed E-state index contributed by atoms with van der Waals surface area (Å²) in [5.74, 6) is 0.959. The van der Waals surface area contributed by atoms with E-state index >= 15 is 0 Å². The van der Waals surface area contributed by atoms with E-state index in [0.29, 0.717) is 19.0 Å². The molecule has 3 aromatic rings. The van der Waals surface area contributed by atoms with Crippen molar-refractivity contribution >= 4 is 0 Å². The zero-order valence-corrected chi connectivity index (χ0v) is 13.9. The molecule has 2 heterocycles. The number of nitrogens with zero attached hydrogens (tertiary/aromatic N) is 3. The summed E-state index contributed by atoms with van der Waals surface area (Å²) in [6.45, 7) is 3.18. The van der Waals surface area contributed by atoms with Gasteiger partial charge in [-0.3, -0.25) is 0 Å². The lowest BCUT2D eigenvalue weighted by Gasteiger charge is -2.11. The Bertz CT molecular complexity index is 824. The van der Waals surface area contributed by atoms with Crippen LogP contribution in [-0.2, 0) is 19.5 Å². The van der Waals surface area contributed by atoms with Gasteiger partial charge in [-0.1, -0.05) is 25.1 Å².